The number of ketones is 1. The van der Waals surface area contributed by atoms with Crippen molar-refractivity contribution >= 4 is 5.78 Å². The van der Waals surface area contributed by atoms with Crippen molar-refractivity contribution in [3.05, 3.63) is 34.9 Å². The summed E-state index contributed by atoms with van der Waals surface area (Å²) in [6.45, 7) is 1.52. The van der Waals surface area contributed by atoms with Crippen LogP contribution < -0.4 is 0 Å². The van der Waals surface area contributed by atoms with Gasteiger partial charge in [-0.15, -0.1) is 0 Å². The van der Waals surface area contributed by atoms with E-state index in [9.17, 15) is 18.0 Å². The van der Waals surface area contributed by atoms with E-state index in [0.717, 1.165) is 25.0 Å². The fraction of sp³-hybridized carbons (Fsp3) is 0.500. The van der Waals surface area contributed by atoms with Gasteiger partial charge in [0, 0.05) is 12.7 Å². The fourth-order valence-electron chi connectivity index (χ4n) is 2.18. The smallest absolute Gasteiger partial charge is 0.373 e. The van der Waals surface area contributed by atoms with Crippen LogP contribution in [0.1, 0.15) is 34.3 Å². The van der Waals surface area contributed by atoms with Crippen molar-refractivity contribution in [1.29, 1.82) is 0 Å². The van der Waals surface area contributed by atoms with E-state index < -0.39 is 17.8 Å². The summed E-state index contributed by atoms with van der Waals surface area (Å²) >= 11 is 0. The van der Waals surface area contributed by atoms with Gasteiger partial charge >= 0.3 is 6.18 Å². The first kappa shape index (κ1) is 14.1. The highest BCUT2D eigenvalue weighted by Crippen LogP contribution is 2.36. The van der Waals surface area contributed by atoms with Gasteiger partial charge in [-0.25, -0.2) is 0 Å². The Bertz CT molecular complexity index is 490. The molecule has 1 fully saturated rings. The van der Waals surface area contributed by atoms with E-state index in [1.807, 2.05) is 0 Å². The maximum absolute atomic E-state index is 12.6. The first-order valence-electron chi connectivity index (χ1n) is 6.09. The first-order valence-corrected chi connectivity index (χ1v) is 6.09. The molecule has 5 heteroatoms. The molecule has 0 aliphatic heterocycles. The summed E-state index contributed by atoms with van der Waals surface area (Å²) in [6, 6.07) is 3.20. The van der Waals surface area contributed by atoms with Gasteiger partial charge in [-0.2, -0.15) is 13.2 Å². The van der Waals surface area contributed by atoms with Crippen LogP contribution in [0.25, 0.3) is 0 Å². The number of carbonyl (C=O) groups is 1. The molecule has 104 valence electrons. The van der Waals surface area contributed by atoms with Crippen molar-refractivity contribution in [2.75, 3.05) is 7.11 Å². The molecule has 0 aromatic heterocycles. The topological polar surface area (TPSA) is 26.3 Å². The fourth-order valence-corrected chi connectivity index (χ4v) is 2.18. The maximum Gasteiger partial charge on any atom is 0.416 e. The van der Waals surface area contributed by atoms with Crippen molar-refractivity contribution in [2.24, 2.45) is 5.92 Å². The molecular weight excluding hydrogens is 257 g/mol. The molecule has 0 saturated heterocycles. The quantitative estimate of drug-likeness (QED) is 0.782. The Hall–Kier alpha value is -1.36. The van der Waals surface area contributed by atoms with Crippen LogP contribution >= 0.6 is 0 Å². The van der Waals surface area contributed by atoms with Gasteiger partial charge in [0.15, 0.2) is 5.78 Å². The lowest BCUT2D eigenvalue weighted by Crippen LogP contribution is -2.26. The lowest BCUT2D eigenvalue weighted by Gasteiger charge is -2.16. The number of alkyl halides is 3. The van der Waals surface area contributed by atoms with E-state index >= 15 is 0 Å². The first-order chi connectivity index (χ1) is 8.84. The molecule has 0 N–H and O–H groups in total. The molecule has 0 amide bonds. The predicted octanol–water partition coefficient (Wildman–Crippen LogP) is 3.62. The summed E-state index contributed by atoms with van der Waals surface area (Å²) < 4.78 is 42.8. The number of hydrogen-bond acceptors (Lipinski definition) is 2. The van der Waals surface area contributed by atoms with Gasteiger partial charge < -0.3 is 4.74 Å². The van der Waals surface area contributed by atoms with Gasteiger partial charge in [0.25, 0.3) is 0 Å². The standard InChI is InChI=1S/C14H15F3O2/c1-8-7-10(14(15,16)17)5-6-11(8)12(18)13(19-2)9-3-4-9/h5-7,9,13H,3-4H2,1-2H3. The highest BCUT2D eigenvalue weighted by molar-refractivity contribution is 6.01. The van der Waals surface area contributed by atoms with Gasteiger partial charge in [-0.1, -0.05) is 6.07 Å². The summed E-state index contributed by atoms with van der Waals surface area (Å²) in [6.07, 6.45) is -3.05. The van der Waals surface area contributed by atoms with Gasteiger partial charge in [0.1, 0.15) is 6.10 Å². The monoisotopic (exact) mass is 272 g/mol. The van der Waals surface area contributed by atoms with E-state index in [-0.39, 0.29) is 11.7 Å². The Morgan fingerprint density at radius 3 is 2.42 bits per heavy atom. The zero-order valence-corrected chi connectivity index (χ0v) is 10.8. The third-order valence-corrected chi connectivity index (χ3v) is 3.38. The summed E-state index contributed by atoms with van der Waals surface area (Å²) in [5.41, 5.74) is -0.0868. The summed E-state index contributed by atoms with van der Waals surface area (Å²) in [4.78, 5) is 12.2. The van der Waals surface area contributed by atoms with E-state index in [1.54, 1.807) is 0 Å². The average Bonchev–Trinajstić information content (AvgIpc) is 3.13. The van der Waals surface area contributed by atoms with Crippen molar-refractivity contribution < 1.29 is 22.7 Å². The molecule has 1 unspecified atom stereocenters. The molecule has 0 heterocycles. The minimum Gasteiger partial charge on any atom is -0.373 e. The molecule has 19 heavy (non-hydrogen) atoms. The third-order valence-electron chi connectivity index (χ3n) is 3.38. The molecule has 2 rings (SSSR count). The average molecular weight is 272 g/mol. The zero-order valence-electron chi connectivity index (χ0n) is 10.8. The number of methoxy groups -OCH3 is 1. The van der Waals surface area contributed by atoms with Crippen molar-refractivity contribution in [1.82, 2.24) is 0 Å². The van der Waals surface area contributed by atoms with Crippen LogP contribution in [0, 0.1) is 12.8 Å². The molecule has 0 radical (unpaired) electrons. The molecule has 0 bridgehead atoms. The van der Waals surface area contributed by atoms with Crippen LogP contribution in [0.5, 0.6) is 0 Å². The van der Waals surface area contributed by atoms with Crippen molar-refractivity contribution in [3.63, 3.8) is 0 Å². The Balaban J connectivity index is 2.28. The SMILES string of the molecule is COC(C(=O)c1ccc(C(F)(F)F)cc1C)C1CC1. The Labute approximate surface area is 109 Å². The highest BCUT2D eigenvalue weighted by atomic mass is 19.4. The van der Waals surface area contributed by atoms with E-state index in [2.05, 4.69) is 0 Å². The van der Waals surface area contributed by atoms with E-state index in [4.69, 9.17) is 4.74 Å². The van der Waals surface area contributed by atoms with Gasteiger partial charge in [-0.05, 0) is 43.4 Å². The molecule has 1 saturated carbocycles. The normalized spacial score (nSPS) is 17.3. The minimum absolute atomic E-state index is 0.208. The van der Waals surface area contributed by atoms with Gasteiger partial charge in [0.2, 0.25) is 0 Å². The lowest BCUT2D eigenvalue weighted by atomic mass is 9.96. The Kier molecular flexibility index (Phi) is 3.67. The summed E-state index contributed by atoms with van der Waals surface area (Å²) in [5.74, 6) is -0.0181. The predicted molar refractivity (Wildman–Crippen MR) is 64.0 cm³/mol. The molecular formula is C14H15F3O2. The maximum atomic E-state index is 12.6. The van der Waals surface area contributed by atoms with E-state index in [0.29, 0.717) is 11.1 Å². The van der Waals surface area contributed by atoms with Crippen LogP contribution in [0.4, 0.5) is 13.2 Å². The Morgan fingerprint density at radius 1 is 1.37 bits per heavy atom. The number of aryl methyl sites for hydroxylation is 1. The van der Waals surface area contributed by atoms with Crippen LogP contribution in [0.15, 0.2) is 18.2 Å². The number of benzene rings is 1. The lowest BCUT2D eigenvalue weighted by molar-refractivity contribution is -0.137. The Morgan fingerprint density at radius 2 is 2.00 bits per heavy atom. The van der Waals surface area contributed by atoms with Crippen LogP contribution in [0.3, 0.4) is 0 Å². The zero-order chi connectivity index (χ0) is 14.2. The molecule has 1 aliphatic carbocycles. The number of carbonyl (C=O) groups excluding carboxylic acids is 1. The van der Waals surface area contributed by atoms with Crippen LogP contribution in [-0.2, 0) is 10.9 Å². The molecule has 1 atom stereocenters. The number of Topliss-reactive ketones (excluding diaryl/α,β-unsaturated/α-hetero) is 1. The summed E-state index contributed by atoms with van der Waals surface area (Å²) in [5, 5.41) is 0. The summed E-state index contributed by atoms with van der Waals surface area (Å²) in [7, 11) is 1.46. The van der Waals surface area contributed by atoms with Gasteiger partial charge in [-0.3, -0.25) is 4.79 Å². The second kappa shape index (κ2) is 4.96. The van der Waals surface area contributed by atoms with Crippen molar-refractivity contribution in [3.8, 4) is 0 Å². The second-order valence-corrected chi connectivity index (χ2v) is 4.89. The van der Waals surface area contributed by atoms with Gasteiger partial charge in [0.05, 0.1) is 5.56 Å². The molecule has 1 aliphatic rings. The number of rotatable bonds is 4. The third kappa shape index (κ3) is 2.97. The number of halogens is 3. The highest BCUT2D eigenvalue weighted by Gasteiger charge is 2.37. The molecule has 1 aromatic rings. The van der Waals surface area contributed by atoms with Crippen molar-refractivity contribution in [2.45, 2.75) is 32.0 Å². The number of ether oxygens (including phenoxy) is 1. The number of hydrogen-bond donors (Lipinski definition) is 0. The minimum atomic E-state index is -4.39. The molecule has 2 nitrogen and oxygen atoms in total. The van der Waals surface area contributed by atoms with Crippen LogP contribution in [-0.4, -0.2) is 19.0 Å². The van der Waals surface area contributed by atoms with Crippen LogP contribution in [0.2, 0.25) is 0 Å². The molecule has 0 spiro atoms. The van der Waals surface area contributed by atoms with E-state index in [1.165, 1.54) is 20.1 Å². The molecule has 1 aromatic carbocycles. The second-order valence-electron chi connectivity index (χ2n) is 4.89. The largest absolute Gasteiger partial charge is 0.416 e.